The van der Waals surface area contributed by atoms with Crippen molar-refractivity contribution in [1.29, 1.82) is 0 Å². The summed E-state index contributed by atoms with van der Waals surface area (Å²) in [5.41, 5.74) is 5.53. The molecular formula is C5H12LiN. The minimum absolute atomic E-state index is 0. The zero-order chi connectivity index (χ0) is 4.41. The van der Waals surface area contributed by atoms with Crippen LogP contribution in [0.1, 0.15) is 25.7 Å². The van der Waals surface area contributed by atoms with E-state index in [4.69, 9.17) is 5.73 Å². The van der Waals surface area contributed by atoms with Gasteiger partial charge in [0.25, 0.3) is 0 Å². The van der Waals surface area contributed by atoms with Gasteiger partial charge in [-0.3, -0.25) is 0 Å². The van der Waals surface area contributed by atoms with E-state index < -0.39 is 0 Å². The van der Waals surface area contributed by atoms with Crippen LogP contribution in [-0.2, 0) is 0 Å². The fourth-order valence-electron chi connectivity index (χ4n) is 0.957. The normalized spacial score (nSPS) is 21.9. The summed E-state index contributed by atoms with van der Waals surface area (Å²) in [7, 11) is 0. The second-order valence-electron chi connectivity index (χ2n) is 2.04. The monoisotopic (exact) mass is 93.1 g/mol. The van der Waals surface area contributed by atoms with Gasteiger partial charge in [-0.2, -0.15) is 0 Å². The van der Waals surface area contributed by atoms with Crippen LogP contribution in [0.25, 0.3) is 0 Å². The van der Waals surface area contributed by atoms with Crippen molar-refractivity contribution in [2.45, 2.75) is 31.7 Å². The Balaban J connectivity index is 0.000000360. The third kappa shape index (κ3) is 2.38. The van der Waals surface area contributed by atoms with Gasteiger partial charge in [-0.05, 0) is 12.8 Å². The number of nitrogens with two attached hydrogens (primary N) is 1. The summed E-state index contributed by atoms with van der Waals surface area (Å²) in [4.78, 5) is 0. The molecule has 1 saturated carbocycles. The van der Waals surface area contributed by atoms with Gasteiger partial charge in [0, 0.05) is 6.04 Å². The first kappa shape index (κ1) is 7.56. The molecule has 0 heterocycles. The molecule has 0 spiro atoms. The van der Waals surface area contributed by atoms with Crippen molar-refractivity contribution in [2.75, 3.05) is 0 Å². The van der Waals surface area contributed by atoms with Crippen LogP contribution in [0.4, 0.5) is 0 Å². The summed E-state index contributed by atoms with van der Waals surface area (Å²) < 4.78 is 0. The van der Waals surface area contributed by atoms with Gasteiger partial charge < -0.3 is 5.73 Å². The Labute approximate surface area is 56.8 Å². The first-order valence-electron chi connectivity index (χ1n) is 2.65. The van der Waals surface area contributed by atoms with Crippen molar-refractivity contribution in [3.63, 3.8) is 0 Å². The van der Waals surface area contributed by atoms with Gasteiger partial charge in [-0.25, -0.2) is 0 Å². The summed E-state index contributed by atoms with van der Waals surface area (Å²) >= 11 is 0. The first-order valence-corrected chi connectivity index (χ1v) is 2.65. The molecule has 0 saturated heterocycles. The van der Waals surface area contributed by atoms with Crippen molar-refractivity contribution in [1.82, 2.24) is 0 Å². The SMILES string of the molecule is NC1CCCC1.[LiH]. The molecule has 1 nitrogen and oxygen atoms in total. The molecule has 0 atom stereocenters. The van der Waals surface area contributed by atoms with E-state index in [1.54, 1.807) is 0 Å². The van der Waals surface area contributed by atoms with Gasteiger partial charge in [0.2, 0.25) is 0 Å². The fraction of sp³-hybridized carbons (Fsp3) is 1.00. The topological polar surface area (TPSA) is 26.0 Å². The second-order valence-corrected chi connectivity index (χ2v) is 2.04. The van der Waals surface area contributed by atoms with E-state index in [0.717, 1.165) is 0 Å². The van der Waals surface area contributed by atoms with Gasteiger partial charge in [0.05, 0.1) is 0 Å². The van der Waals surface area contributed by atoms with Crippen LogP contribution in [0.3, 0.4) is 0 Å². The van der Waals surface area contributed by atoms with Crippen molar-refractivity contribution in [3.05, 3.63) is 0 Å². The van der Waals surface area contributed by atoms with Gasteiger partial charge in [-0.1, -0.05) is 12.8 Å². The molecule has 38 valence electrons. The van der Waals surface area contributed by atoms with Gasteiger partial charge >= 0.3 is 18.9 Å². The van der Waals surface area contributed by atoms with Crippen molar-refractivity contribution in [3.8, 4) is 0 Å². The molecule has 1 fully saturated rings. The quantitative estimate of drug-likeness (QED) is 0.426. The van der Waals surface area contributed by atoms with Crippen LogP contribution in [-0.4, -0.2) is 24.9 Å². The van der Waals surface area contributed by atoms with Gasteiger partial charge in [-0.15, -0.1) is 0 Å². The third-order valence-electron chi connectivity index (χ3n) is 1.40. The Morgan fingerprint density at radius 3 is 1.71 bits per heavy atom. The first-order chi connectivity index (χ1) is 2.89. The molecule has 2 N–H and O–H groups in total. The Morgan fingerprint density at radius 2 is 1.57 bits per heavy atom. The maximum atomic E-state index is 5.53. The predicted molar refractivity (Wildman–Crippen MR) is 33.6 cm³/mol. The molecule has 0 bridgehead atoms. The van der Waals surface area contributed by atoms with E-state index in [-0.39, 0.29) is 18.9 Å². The Bertz CT molecular complexity index is 41.3. The molecule has 1 aliphatic rings. The second kappa shape index (κ2) is 3.55. The number of rotatable bonds is 0. The molecule has 2 heteroatoms. The van der Waals surface area contributed by atoms with E-state index in [1.165, 1.54) is 25.7 Å². The standard InChI is InChI=1S/C5H11N.Li.H/c6-5-3-1-2-4-5;;/h5H,1-4,6H2;;. The van der Waals surface area contributed by atoms with Crippen molar-refractivity contribution >= 4 is 18.9 Å². The Kier molecular flexibility index (Phi) is 3.83. The van der Waals surface area contributed by atoms with Crippen LogP contribution in [0.2, 0.25) is 0 Å². The molecule has 0 aromatic carbocycles. The summed E-state index contributed by atoms with van der Waals surface area (Å²) in [5, 5.41) is 0. The molecule has 0 amide bonds. The average molecular weight is 93.1 g/mol. The molecule has 7 heavy (non-hydrogen) atoms. The van der Waals surface area contributed by atoms with Gasteiger partial charge in [0.1, 0.15) is 0 Å². The van der Waals surface area contributed by atoms with Crippen LogP contribution < -0.4 is 5.73 Å². The average Bonchev–Trinajstić information content (AvgIpc) is 1.86. The third-order valence-corrected chi connectivity index (χ3v) is 1.40. The summed E-state index contributed by atoms with van der Waals surface area (Å²) in [6.45, 7) is 0. The molecule has 0 aromatic heterocycles. The zero-order valence-corrected chi connectivity index (χ0v) is 3.98. The molecule has 0 radical (unpaired) electrons. The summed E-state index contributed by atoms with van der Waals surface area (Å²) in [5.74, 6) is 0. The van der Waals surface area contributed by atoms with Gasteiger partial charge in [0.15, 0.2) is 0 Å². The predicted octanol–water partition coefficient (Wildman–Crippen LogP) is 0.239. The molecule has 0 unspecified atom stereocenters. The number of hydrogen-bond acceptors (Lipinski definition) is 1. The maximum absolute atomic E-state index is 5.53. The van der Waals surface area contributed by atoms with Crippen LogP contribution in [0.15, 0.2) is 0 Å². The van der Waals surface area contributed by atoms with Crippen LogP contribution in [0, 0.1) is 0 Å². The van der Waals surface area contributed by atoms with E-state index in [0.29, 0.717) is 6.04 Å². The van der Waals surface area contributed by atoms with Crippen molar-refractivity contribution < 1.29 is 0 Å². The Morgan fingerprint density at radius 1 is 1.14 bits per heavy atom. The van der Waals surface area contributed by atoms with E-state index in [2.05, 4.69) is 0 Å². The van der Waals surface area contributed by atoms with E-state index >= 15 is 0 Å². The minimum atomic E-state index is 0. The van der Waals surface area contributed by atoms with Crippen LogP contribution >= 0.6 is 0 Å². The summed E-state index contributed by atoms with van der Waals surface area (Å²) in [6.07, 6.45) is 5.25. The molecule has 0 aliphatic heterocycles. The van der Waals surface area contributed by atoms with Crippen LogP contribution in [0.5, 0.6) is 0 Å². The fourth-order valence-corrected chi connectivity index (χ4v) is 0.957. The molecular weight excluding hydrogens is 81.0 g/mol. The van der Waals surface area contributed by atoms with E-state index in [1.807, 2.05) is 0 Å². The summed E-state index contributed by atoms with van der Waals surface area (Å²) in [6, 6.07) is 0.546. The molecule has 0 aromatic rings. The number of hydrogen-bond donors (Lipinski definition) is 1. The molecule has 1 aliphatic carbocycles. The van der Waals surface area contributed by atoms with E-state index in [9.17, 15) is 0 Å². The van der Waals surface area contributed by atoms with Crippen molar-refractivity contribution in [2.24, 2.45) is 5.73 Å². The molecule has 1 rings (SSSR count). The zero-order valence-electron chi connectivity index (χ0n) is 3.98. The Hall–Kier alpha value is 0.557.